The summed E-state index contributed by atoms with van der Waals surface area (Å²) in [5.74, 6) is -0.288. The van der Waals surface area contributed by atoms with Crippen LogP contribution in [0.5, 0.6) is 0 Å². The minimum atomic E-state index is -0.168. The van der Waals surface area contributed by atoms with E-state index in [9.17, 15) is 9.59 Å². The van der Waals surface area contributed by atoms with Gasteiger partial charge in [0.05, 0.1) is 6.54 Å². The average Bonchev–Trinajstić information content (AvgIpc) is 2.61. The Hall–Kier alpha value is -2.66. The maximum atomic E-state index is 12.2. The third kappa shape index (κ3) is 5.85. The van der Waals surface area contributed by atoms with Gasteiger partial charge in [-0.05, 0) is 36.7 Å². The van der Waals surface area contributed by atoms with Crippen LogP contribution in [0.2, 0.25) is 0 Å². The highest BCUT2D eigenvalue weighted by atomic mass is 16.2. The van der Waals surface area contributed by atoms with Crippen LogP contribution in [-0.4, -0.2) is 24.9 Å². The molecule has 0 radical (unpaired) electrons. The fraction of sp³-hybridized carbons (Fsp3) is 0.263. The summed E-state index contributed by atoms with van der Waals surface area (Å²) in [6.07, 6.45) is 0.977. The standard InChI is InChI=1S/C19H23N3O2/c1-2-11-20-14-18(23)22-17-10-6-9-16(12-17)19(24)21-13-15-7-4-3-5-8-15/h3-10,12,20H,2,11,13-14H2,1H3,(H,21,24)(H,22,23). The molecule has 2 aromatic carbocycles. The van der Waals surface area contributed by atoms with Crippen LogP contribution >= 0.6 is 0 Å². The quantitative estimate of drug-likeness (QED) is 0.653. The van der Waals surface area contributed by atoms with Crippen molar-refractivity contribution in [1.82, 2.24) is 10.6 Å². The van der Waals surface area contributed by atoms with Crippen molar-refractivity contribution in [3.63, 3.8) is 0 Å². The third-order valence-electron chi connectivity index (χ3n) is 3.42. The smallest absolute Gasteiger partial charge is 0.251 e. The fourth-order valence-corrected chi connectivity index (χ4v) is 2.20. The van der Waals surface area contributed by atoms with E-state index in [4.69, 9.17) is 0 Å². The summed E-state index contributed by atoms with van der Waals surface area (Å²) in [4.78, 5) is 24.0. The molecule has 126 valence electrons. The van der Waals surface area contributed by atoms with Gasteiger partial charge in [0, 0.05) is 17.8 Å². The van der Waals surface area contributed by atoms with Gasteiger partial charge in [-0.15, -0.1) is 0 Å². The summed E-state index contributed by atoms with van der Waals surface area (Å²) in [5.41, 5.74) is 2.17. The molecule has 2 aromatic rings. The average molecular weight is 325 g/mol. The lowest BCUT2D eigenvalue weighted by molar-refractivity contribution is -0.115. The highest BCUT2D eigenvalue weighted by Gasteiger charge is 2.07. The van der Waals surface area contributed by atoms with Crippen LogP contribution in [0.4, 0.5) is 5.69 Å². The van der Waals surface area contributed by atoms with Crippen LogP contribution in [0.3, 0.4) is 0 Å². The van der Waals surface area contributed by atoms with E-state index in [2.05, 4.69) is 16.0 Å². The maximum Gasteiger partial charge on any atom is 0.251 e. The monoisotopic (exact) mass is 325 g/mol. The Kier molecular flexibility index (Phi) is 6.98. The van der Waals surface area contributed by atoms with E-state index in [0.29, 0.717) is 17.8 Å². The maximum absolute atomic E-state index is 12.2. The molecule has 3 N–H and O–H groups in total. The molecule has 0 atom stereocenters. The Bertz CT molecular complexity index is 671. The third-order valence-corrected chi connectivity index (χ3v) is 3.42. The Morgan fingerprint density at radius 2 is 1.79 bits per heavy atom. The van der Waals surface area contributed by atoms with Crippen molar-refractivity contribution < 1.29 is 9.59 Å². The number of carbonyl (C=O) groups is 2. The van der Waals surface area contributed by atoms with Gasteiger partial charge in [-0.1, -0.05) is 43.3 Å². The summed E-state index contributed by atoms with van der Waals surface area (Å²) in [7, 11) is 0. The van der Waals surface area contributed by atoms with Gasteiger partial charge in [-0.2, -0.15) is 0 Å². The first kappa shape index (κ1) is 17.7. The van der Waals surface area contributed by atoms with Crippen LogP contribution < -0.4 is 16.0 Å². The summed E-state index contributed by atoms with van der Waals surface area (Å²) in [6.45, 7) is 3.58. The molecule has 2 amide bonds. The normalized spacial score (nSPS) is 10.2. The van der Waals surface area contributed by atoms with Crippen LogP contribution in [0, 0.1) is 0 Å². The van der Waals surface area contributed by atoms with Gasteiger partial charge in [0.15, 0.2) is 0 Å². The zero-order valence-electron chi connectivity index (χ0n) is 13.8. The molecular formula is C19H23N3O2. The van der Waals surface area contributed by atoms with Crippen molar-refractivity contribution in [2.75, 3.05) is 18.4 Å². The van der Waals surface area contributed by atoms with E-state index in [1.54, 1.807) is 24.3 Å². The van der Waals surface area contributed by atoms with E-state index in [-0.39, 0.29) is 18.4 Å². The molecule has 0 heterocycles. The minimum absolute atomic E-state index is 0.120. The zero-order chi connectivity index (χ0) is 17.2. The van der Waals surface area contributed by atoms with Crippen molar-refractivity contribution in [2.45, 2.75) is 19.9 Å². The second kappa shape index (κ2) is 9.47. The molecule has 0 aromatic heterocycles. The first-order chi connectivity index (χ1) is 11.7. The molecule has 0 aliphatic carbocycles. The Morgan fingerprint density at radius 3 is 2.54 bits per heavy atom. The Balaban J connectivity index is 1.89. The van der Waals surface area contributed by atoms with Crippen LogP contribution in [0.25, 0.3) is 0 Å². The first-order valence-corrected chi connectivity index (χ1v) is 8.12. The molecule has 0 aliphatic rings. The number of benzene rings is 2. The predicted octanol–water partition coefficient (Wildman–Crippen LogP) is 2.55. The van der Waals surface area contributed by atoms with E-state index in [0.717, 1.165) is 18.5 Å². The molecule has 0 aliphatic heterocycles. The summed E-state index contributed by atoms with van der Waals surface area (Å²) < 4.78 is 0. The van der Waals surface area contributed by atoms with Gasteiger partial charge in [0.25, 0.3) is 5.91 Å². The van der Waals surface area contributed by atoms with Crippen molar-refractivity contribution >= 4 is 17.5 Å². The van der Waals surface area contributed by atoms with E-state index < -0.39 is 0 Å². The topological polar surface area (TPSA) is 70.2 Å². The Labute approximate surface area is 142 Å². The molecule has 24 heavy (non-hydrogen) atoms. The van der Waals surface area contributed by atoms with Crippen molar-refractivity contribution in [1.29, 1.82) is 0 Å². The fourth-order valence-electron chi connectivity index (χ4n) is 2.20. The summed E-state index contributed by atoms with van der Waals surface area (Å²) >= 11 is 0. The summed E-state index contributed by atoms with van der Waals surface area (Å²) in [6, 6.07) is 16.7. The van der Waals surface area contributed by atoms with Crippen molar-refractivity contribution in [2.24, 2.45) is 0 Å². The van der Waals surface area contributed by atoms with Crippen molar-refractivity contribution in [3.05, 3.63) is 65.7 Å². The highest BCUT2D eigenvalue weighted by Crippen LogP contribution is 2.11. The number of rotatable bonds is 8. The van der Waals surface area contributed by atoms with Gasteiger partial charge in [0.1, 0.15) is 0 Å². The molecule has 5 nitrogen and oxygen atoms in total. The Morgan fingerprint density at radius 1 is 1.00 bits per heavy atom. The molecule has 0 saturated carbocycles. The lowest BCUT2D eigenvalue weighted by atomic mass is 10.1. The van der Waals surface area contributed by atoms with E-state index in [1.807, 2.05) is 37.3 Å². The molecule has 0 spiro atoms. The number of hydrogen-bond acceptors (Lipinski definition) is 3. The van der Waals surface area contributed by atoms with E-state index >= 15 is 0 Å². The minimum Gasteiger partial charge on any atom is -0.348 e. The predicted molar refractivity (Wildman–Crippen MR) is 95.8 cm³/mol. The molecule has 5 heteroatoms. The summed E-state index contributed by atoms with van der Waals surface area (Å²) in [5, 5.41) is 8.70. The van der Waals surface area contributed by atoms with Gasteiger partial charge in [-0.25, -0.2) is 0 Å². The largest absolute Gasteiger partial charge is 0.348 e. The van der Waals surface area contributed by atoms with Gasteiger partial charge in [-0.3, -0.25) is 9.59 Å². The lowest BCUT2D eigenvalue weighted by Crippen LogP contribution is -2.28. The number of anilines is 1. The lowest BCUT2D eigenvalue weighted by Gasteiger charge is -2.09. The van der Waals surface area contributed by atoms with Crippen LogP contribution in [-0.2, 0) is 11.3 Å². The number of amides is 2. The van der Waals surface area contributed by atoms with Crippen LogP contribution in [0.15, 0.2) is 54.6 Å². The molecular weight excluding hydrogens is 302 g/mol. The van der Waals surface area contributed by atoms with Gasteiger partial charge in [0.2, 0.25) is 5.91 Å². The second-order valence-electron chi connectivity index (χ2n) is 5.47. The highest BCUT2D eigenvalue weighted by molar-refractivity contribution is 5.97. The molecule has 0 saturated heterocycles. The number of carbonyl (C=O) groups excluding carboxylic acids is 2. The molecule has 0 unspecified atom stereocenters. The van der Waals surface area contributed by atoms with Crippen molar-refractivity contribution in [3.8, 4) is 0 Å². The van der Waals surface area contributed by atoms with Gasteiger partial charge >= 0.3 is 0 Å². The molecule has 0 bridgehead atoms. The van der Waals surface area contributed by atoms with Gasteiger partial charge < -0.3 is 16.0 Å². The van der Waals surface area contributed by atoms with Crippen LogP contribution in [0.1, 0.15) is 29.3 Å². The second-order valence-corrected chi connectivity index (χ2v) is 5.47. The first-order valence-electron chi connectivity index (χ1n) is 8.12. The zero-order valence-corrected chi connectivity index (χ0v) is 13.8. The number of hydrogen-bond donors (Lipinski definition) is 3. The SMILES string of the molecule is CCCNCC(=O)Nc1cccc(C(=O)NCc2ccccc2)c1. The molecule has 2 rings (SSSR count). The number of nitrogens with one attached hydrogen (secondary N) is 3. The van der Waals surface area contributed by atoms with E-state index in [1.165, 1.54) is 0 Å². The molecule has 0 fully saturated rings.